The Morgan fingerprint density at radius 1 is 1.36 bits per heavy atom. The molecule has 1 aromatic carbocycles. The van der Waals surface area contributed by atoms with Crippen molar-refractivity contribution in [2.45, 2.75) is 47.0 Å². The van der Waals surface area contributed by atoms with Gasteiger partial charge in [0.2, 0.25) is 0 Å². The Bertz CT molecular complexity index is 1090. The zero-order valence-electron chi connectivity index (χ0n) is 16.7. The molecule has 4 rings (SSSR count). The molecule has 0 aliphatic heterocycles. The van der Waals surface area contributed by atoms with Crippen molar-refractivity contribution in [3.63, 3.8) is 0 Å². The molecular formula is C22H25BrN2O2S. The lowest BCUT2D eigenvalue weighted by atomic mass is 9.72. The van der Waals surface area contributed by atoms with E-state index in [0.717, 1.165) is 45.3 Å². The third-order valence-electron chi connectivity index (χ3n) is 5.64. The number of hydrogen-bond acceptors (Lipinski definition) is 4. The van der Waals surface area contributed by atoms with E-state index in [-0.39, 0.29) is 11.0 Å². The quantitative estimate of drug-likeness (QED) is 0.523. The van der Waals surface area contributed by atoms with Gasteiger partial charge >= 0.3 is 0 Å². The van der Waals surface area contributed by atoms with Gasteiger partial charge in [-0.15, -0.1) is 11.3 Å². The van der Waals surface area contributed by atoms with Gasteiger partial charge < -0.3 is 9.72 Å². The number of nitrogens with zero attached hydrogens (tertiary/aromatic N) is 1. The molecular weight excluding hydrogens is 436 g/mol. The molecule has 1 N–H and O–H groups in total. The number of H-pyrrole nitrogens is 1. The highest BCUT2D eigenvalue weighted by atomic mass is 79.9. The molecule has 3 aromatic rings. The van der Waals surface area contributed by atoms with E-state index in [1.54, 1.807) is 11.3 Å². The molecule has 4 nitrogen and oxygen atoms in total. The van der Waals surface area contributed by atoms with Crippen molar-refractivity contribution in [3.05, 3.63) is 43.5 Å². The first-order valence-electron chi connectivity index (χ1n) is 9.75. The fourth-order valence-electron chi connectivity index (χ4n) is 4.02. The van der Waals surface area contributed by atoms with Crippen LogP contribution in [0.2, 0.25) is 0 Å². The van der Waals surface area contributed by atoms with Gasteiger partial charge in [-0.05, 0) is 61.3 Å². The molecule has 2 aromatic heterocycles. The molecule has 0 fully saturated rings. The first-order valence-corrected chi connectivity index (χ1v) is 11.4. The standard InChI is InChI=1S/C22H25BrN2O2S/c1-5-27-16-9-7-13(23)11-15(16)19-24-20(26)18-14-8-6-12(22(2,3)4)10-17(14)28-21(18)25-19/h7,9,11-12H,5-6,8,10H2,1-4H3,(H,24,25,26). The van der Waals surface area contributed by atoms with E-state index in [0.29, 0.717) is 18.3 Å². The van der Waals surface area contributed by atoms with Crippen molar-refractivity contribution < 1.29 is 4.74 Å². The van der Waals surface area contributed by atoms with E-state index < -0.39 is 0 Å². The SMILES string of the molecule is CCOc1ccc(Br)cc1-c1nc2sc3c(c2c(=O)[nH]1)CCC(C(C)(C)C)C3. The Morgan fingerprint density at radius 2 is 2.14 bits per heavy atom. The van der Waals surface area contributed by atoms with E-state index in [9.17, 15) is 4.79 Å². The van der Waals surface area contributed by atoms with E-state index in [1.165, 1.54) is 10.4 Å². The molecule has 0 amide bonds. The number of aromatic amines is 1. The van der Waals surface area contributed by atoms with Gasteiger partial charge in [0.25, 0.3) is 5.56 Å². The van der Waals surface area contributed by atoms with Gasteiger partial charge in [-0.25, -0.2) is 4.98 Å². The van der Waals surface area contributed by atoms with Crippen LogP contribution in [0.5, 0.6) is 5.75 Å². The van der Waals surface area contributed by atoms with Crippen LogP contribution in [0.4, 0.5) is 0 Å². The molecule has 1 unspecified atom stereocenters. The summed E-state index contributed by atoms with van der Waals surface area (Å²) >= 11 is 5.19. The summed E-state index contributed by atoms with van der Waals surface area (Å²) in [6.45, 7) is 9.43. The lowest BCUT2D eigenvalue weighted by Crippen LogP contribution is -2.26. The zero-order valence-corrected chi connectivity index (χ0v) is 19.1. The number of benzene rings is 1. The van der Waals surface area contributed by atoms with Crippen LogP contribution in [0.3, 0.4) is 0 Å². The summed E-state index contributed by atoms with van der Waals surface area (Å²) in [6.07, 6.45) is 3.13. The molecule has 0 spiro atoms. The minimum atomic E-state index is -0.0471. The van der Waals surface area contributed by atoms with Gasteiger partial charge in [-0.2, -0.15) is 0 Å². The van der Waals surface area contributed by atoms with Gasteiger partial charge in [0, 0.05) is 9.35 Å². The van der Waals surface area contributed by atoms with Gasteiger partial charge in [-0.1, -0.05) is 36.7 Å². The van der Waals surface area contributed by atoms with Crippen molar-refractivity contribution in [1.29, 1.82) is 0 Å². The van der Waals surface area contributed by atoms with Crippen molar-refractivity contribution in [3.8, 4) is 17.1 Å². The smallest absolute Gasteiger partial charge is 0.260 e. The van der Waals surface area contributed by atoms with Gasteiger partial charge in [0.15, 0.2) is 0 Å². The Morgan fingerprint density at radius 3 is 2.86 bits per heavy atom. The second kappa shape index (κ2) is 7.30. The summed E-state index contributed by atoms with van der Waals surface area (Å²) in [7, 11) is 0. The molecule has 0 bridgehead atoms. The number of nitrogens with one attached hydrogen (secondary N) is 1. The minimum absolute atomic E-state index is 0.0471. The highest BCUT2D eigenvalue weighted by Crippen LogP contribution is 2.42. The third-order valence-corrected chi connectivity index (χ3v) is 7.28. The maximum Gasteiger partial charge on any atom is 0.260 e. The topological polar surface area (TPSA) is 55.0 Å². The summed E-state index contributed by atoms with van der Waals surface area (Å²) in [5, 5.41) is 0.782. The molecule has 0 saturated carbocycles. The van der Waals surface area contributed by atoms with Crippen molar-refractivity contribution >= 4 is 37.5 Å². The number of thiophene rings is 1. The van der Waals surface area contributed by atoms with Crippen LogP contribution in [-0.2, 0) is 12.8 Å². The zero-order chi connectivity index (χ0) is 20.1. The van der Waals surface area contributed by atoms with Gasteiger partial charge in [0.05, 0.1) is 17.6 Å². The average molecular weight is 461 g/mol. The van der Waals surface area contributed by atoms with E-state index in [1.807, 2.05) is 25.1 Å². The second-order valence-electron chi connectivity index (χ2n) is 8.48. The maximum atomic E-state index is 13.0. The maximum absolute atomic E-state index is 13.0. The van der Waals surface area contributed by atoms with Crippen LogP contribution in [0.15, 0.2) is 27.5 Å². The van der Waals surface area contributed by atoms with E-state index in [2.05, 4.69) is 41.7 Å². The van der Waals surface area contributed by atoms with E-state index >= 15 is 0 Å². The van der Waals surface area contributed by atoms with Gasteiger partial charge in [-0.3, -0.25) is 4.79 Å². The summed E-state index contributed by atoms with van der Waals surface area (Å²) in [6, 6.07) is 5.78. The summed E-state index contributed by atoms with van der Waals surface area (Å²) in [5.74, 6) is 1.93. The Hall–Kier alpha value is -1.66. The number of fused-ring (bicyclic) bond motifs is 3. The van der Waals surface area contributed by atoms with Crippen LogP contribution in [-0.4, -0.2) is 16.6 Å². The summed E-state index contributed by atoms with van der Waals surface area (Å²) in [4.78, 5) is 23.0. The van der Waals surface area contributed by atoms with Crippen LogP contribution in [0, 0.1) is 11.3 Å². The Balaban J connectivity index is 1.83. The predicted molar refractivity (Wildman–Crippen MR) is 120 cm³/mol. The number of hydrogen-bond donors (Lipinski definition) is 1. The predicted octanol–water partition coefficient (Wildman–Crippen LogP) is 5.96. The molecule has 28 heavy (non-hydrogen) atoms. The number of halogens is 1. The molecule has 0 radical (unpaired) electrons. The monoisotopic (exact) mass is 460 g/mol. The largest absolute Gasteiger partial charge is 0.493 e. The molecule has 6 heteroatoms. The van der Waals surface area contributed by atoms with Crippen molar-refractivity contribution in [1.82, 2.24) is 9.97 Å². The summed E-state index contributed by atoms with van der Waals surface area (Å²) < 4.78 is 6.67. The molecule has 0 saturated heterocycles. The number of rotatable bonds is 3. The van der Waals surface area contributed by atoms with Gasteiger partial charge in [0.1, 0.15) is 16.4 Å². The Labute approximate surface area is 177 Å². The lowest BCUT2D eigenvalue weighted by Gasteiger charge is -2.33. The molecule has 1 aliphatic carbocycles. The number of aryl methyl sites for hydroxylation is 1. The van der Waals surface area contributed by atoms with Crippen molar-refractivity contribution in [2.24, 2.45) is 11.3 Å². The molecule has 1 aliphatic rings. The van der Waals surface area contributed by atoms with Crippen molar-refractivity contribution in [2.75, 3.05) is 6.61 Å². The summed E-state index contributed by atoms with van der Waals surface area (Å²) in [5.41, 5.74) is 2.24. The first kappa shape index (κ1) is 19.6. The lowest BCUT2D eigenvalue weighted by molar-refractivity contribution is 0.218. The van der Waals surface area contributed by atoms with Crippen LogP contribution < -0.4 is 10.3 Å². The molecule has 1 atom stereocenters. The highest BCUT2D eigenvalue weighted by Gasteiger charge is 2.31. The number of aromatic nitrogens is 2. The molecule has 2 heterocycles. The average Bonchev–Trinajstić information content (AvgIpc) is 3.00. The first-order chi connectivity index (χ1) is 13.3. The fraction of sp³-hybridized carbons (Fsp3) is 0.455. The van der Waals surface area contributed by atoms with Crippen LogP contribution in [0.1, 0.15) is 44.6 Å². The van der Waals surface area contributed by atoms with Crippen LogP contribution in [0.25, 0.3) is 21.6 Å². The fourth-order valence-corrected chi connectivity index (χ4v) is 5.68. The second-order valence-corrected chi connectivity index (χ2v) is 10.5. The van der Waals surface area contributed by atoms with E-state index in [4.69, 9.17) is 9.72 Å². The minimum Gasteiger partial charge on any atom is -0.493 e. The highest BCUT2D eigenvalue weighted by molar-refractivity contribution is 9.10. The molecule has 148 valence electrons. The normalized spacial score (nSPS) is 17.0. The van der Waals surface area contributed by atoms with Crippen LogP contribution >= 0.6 is 27.3 Å². The third kappa shape index (κ3) is 3.52. The number of ether oxygens (including phenoxy) is 1. The Kier molecular flexibility index (Phi) is 5.12.